The molecule has 0 amide bonds. The van der Waals surface area contributed by atoms with Crippen LogP contribution in [0, 0.1) is 5.92 Å². The summed E-state index contributed by atoms with van der Waals surface area (Å²) in [5.41, 5.74) is 1.29. The molecule has 1 unspecified atom stereocenters. The van der Waals surface area contributed by atoms with Crippen LogP contribution in [0.15, 0.2) is 35.3 Å². The predicted octanol–water partition coefficient (Wildman–Crippen LogP) is 3.49. The molecule has 27 heavy (non-hydrogen) atoms. The van der Waals surface area contributed by atoms with E-state index in [4.69, 9.17) is 9.73 Å². The summed E-state index contributed by atoms with van der Waals surface area (Å²) in [4.78, 5) is 4.93. The summed E-state index contributed by atoms with van der Waals surface area (Å²) in [6, 6.07) is 10.9. The van der Waals surface area contributed by atoms with Crippen molar-refractivity contribution in [1.29, 1.82) is 0 Å². The van der Waals surface area contributed by atoms with Crippen molar-refractivity contribution in [2.45, 2.75) is 58.5 Å². The first kappa shape index (κ1) is 21.7. The lowest BCUT2D eigenvalue weighted by atomic mass is 9.88. The maximum Gasteiger partial charge on any atom is 0.191 e. The van der Waals surface area contributed by atoms with Gasteiger partial charge in [-0.25, -0.2) is 0 Å². The molecule has 1 saturated heterocycles. The first-order valence-electron chi connectivity index (χ1n) is 10.5. The van der Waals surface area contributed by atoms with Crippen LogP contribution in [0.2, 0.25) is 0 Å². The Morgan fingerprint density at radius 2 is 1.81 bits per heavy atom. The van der Waals surface area contributed by atoms with E-state index < -0.39 is 0 Å². The molecule has 1 fully saturated rings. The molecular weight excluding hydrogens is 336 g/mol. The van der Waals surface area contributed by atoms with Crippen molar-refractivity contribution in [2.24, 2.45) is 10.9 Å². The van der Waals surface area contributed by atoms with Crippen LogP contribution >= 0.6 is 0 Å². The van der Waals surface area contributed by atoms with Gasteiger partial charge in [-0.2, -0.15) is 0 Å². The summed E-state index contributed by atoms with van der Waals surface area (Å²) in [6.07, 6.45) is 3.12. The van der Waals surface area contributed by atoms with Crippen LogP contribution in [0.25, 0.3) is 0 Å². The van der Waals surface area contributed by atoms with Gasteiger partial charge in [0.2, 0.25) is 0 Å². The average molecular weight is 375 g/mol. The third-order valence-electron chi connectivity index (χ3n) is 5.17. The van der Waals surface area contributed by atoms with Gasteiger partial charge in [-0.15, -0.1) is 0 Å². The van der Waals surface area contributed by atoms with Gasteiger partial charge in [-0.3, -0.25) is 4.99 Å². The molecule has 1 aliphatic rings. The molecule has 5 nitrogen and oxygen atoms in total. The molecule has 0 bridgehead atoms. The zero-order valence-corrected chi connectivity index (χ0v) is 17.6. The van der Waals surface area contributed by atoms with Crippen molar-refractivity contribution in [3.8, 4) is 0 Å². The van der Waals surface area contributed by atoms with Crippen LogP contribution in [-0.4, -0.2) is 44.3 Å². The zero-order valence-electron chi connectivity index (χ0n) is 17.6. The highest BCUT2D eigenvalue weighted by atomic mass is 16.5. The molecule has 1 aromatic carbocycles. The summed E-state index contributed by atoms with van der Waals surface area (Å²) < 4.78 is 5.64. The number of nitrogens with zero attached hydrogens (tertiary/aromatic N) is 1. The highest BCUT2D eigenvalue weighted by molar-refractivity contribution is 5.79. The highest BCUT2D eigenvalue weighted by Gasteiger charge is 2.34. The minimum atomic E-state index is -0.0199. The normalized spacial score (nSPS) is 18.3. The van der Waals surface area contributed by atoms with Gasteiger partial charge in [-0.05, 0) is 44.6 Å². The van der Waals surface area contributed by atoms with Gasteiger partial charge in [0.05, 0.1) is 6.54 Å². The molecule has 1 aliphatic heterocycles. The van der Waals surface area contributed by atoms with E-state index in [9.17, 15) is 0 Å². The number of benzene rings is 1. The van der Waals surface area contributed by atoms with E-state index in [1.54, 1.807) is 0 Å². The molecule has 3 N–H and O–H groups in total. The van der Waals surface area contributed by atoms with Gasteiger partial charge in [0.1, 0.15) is 0 Å². The molecule has 2 rings (SSSR count). The maximum atomic E-state index is 5.64. The Labute approximate surface area is 165 Å². The van der Waals surface area contributed by atoms with Crippen LogP contribution in [0.4, 0.5) is 0 Å². The van der Waals surface area contributed by atoms with Gasteiger partial charge in [0.25, 0.3) is 0 Å². The molecule has 1 heterocycles. The van der Waals surface area contributed by atoms with Gasteiger partial charge in [0, 0.05) is 37.9 Å². The first-order chi connectivity index (χ1) is 13.0. The fraction of sp³-hybridized carbons (Fsp3) is 0.682. The van der Waals surface area contributed by atoms with Crippen molar-refractivity contribution in [1.82, 2.24) is 16.0 Å². The van der Waals surface area contributed by atoms with Gasteiger partial charge in [0.15, 0.2) is 5.96 Å². The molecule has 152 valence electrons. The number of rotatable bonds is 9. The molecule has 0 radical (unpaired) electrons. The molecule has 0 aliphatic carbocycles. The number of hydrogen-bond donors (Lipinski definition) is 3. The highest BCUT2D eigenvalue weighted by Crippen LogP contribution is 2.26. The number of ether oxygens (including phenoxy) is 1. The second-order valence-electron chi connectivity index (χ2n) is 7.97. The van der Waals surface area contributed by atoms with Crippen LogP contribution in [0.5, 0.6) is 0 Å². The second kappa shape index (κ2) is 11.3. The first-order valence-corrected chi connectivity index (χ1v) is 10.5. The molecular formula is C22H38N4O. The van der Waals surface area contributed by atoms with Crippen molar-refractivity contribution in [2.75, 3.05) is 32.8 Å². The molecule has 0 spiro atoms. The number of aliphatic imine (C=N–C) groups is 1. The van der Waals surface area contributed by atoms with Crippen molar-refractivity contribution < 1.29 is 4.74 Å². The van der Waals surface area contributed by atoms with Crippen molar-refractivity contribution >= 4 is 5.96 Å². The zero-order chi connectivity index (χ0) is 19.5. The van der Waals surface area contributed by atoms with Crippen LogP contribution in [0.3, 0.4) is 0 Å². The SMILES string of the molecule is CCNC(=NCC1(NC(C)c2ccccc2)CCOCC1)NCCC(C)C. The Bertz CT molecular complexity index is 553. The summed E-state index contributed by atoms with van der Waals surface area (Å²) in [5.74, 6) is 1.61. The molecule has 1 atom stereocenters. The van der Waals surface area contributed by atoms with Gasteiger partial charge < -0.3 is 20.7 Å². The number of guanidine groups is 1. The Kier molecular flexibility index (Phi) is 9.08. The van der Waals surface area contributed by atoms with E-state index in [0.29, 0.717) is 5.92 Å². The standard InChI is InChI=1S/C22H38N4O/c1-5-23-21(24-14-11-18(2)3)25-17-22(12-15-27-16-13-22)26-19(4)20-9-7-6-8-10-20/h6-10,18-19,26H,5,11-17H2,1-4H3,(H2,23,24,25). The molecule has 5 heteroatoms. The largest absolute Gasteiger partial charge is 0.381 e. The summed E-state index contributed by atoms with van der Waals surface area (Å²) in [7, 11) is 0. The number of nitrogens with one attached hydrogen (secondary N) is 3. The lowest BCUT2D eigenvalue weighted by molar-refractivity contribution is 0.0374. The van der Waals surface area contributed by atoms with Crippen LogP contribution in [0.1, 0.15) is 58.6 Å². The Morgan fingerprint density at radius 3 is 2.44 bits per heavy atom. The van der Waals surface area contributed by atoms with E-state index in [-0.39, 0.29) is 11.6 Å². The number of hydrogen-bond acceptors (Lipinski definition) is 3. The van der Waals surface area contributed by atoms with Gasteiger partial charge in [-0.1, -0.05) is 44.2 Å². The summed E-state index contributed by atoms with van der Waals surface area (Å²) >= 11 is 0. The maximum absolute atomic E-state index is 5.64. The van der Waals surface area contributed by atoms with E-state index >= 15 is 0 Å². The Morgan fingerprint density at radius 1 is 1.11 bits per heavy atom. The third kappa shape index (κ3) is 7.51. The van der Waals surface area contributed by atoms with Crippen LogP contribution < -0.4 is 16.0 Å². The summed E-state index contributed by atoms with van der Waals surface area (Å²) in [6.45, 7) is 13.0. The Balaban J connectivity index is 2.04. The Hall–Kier alpha value is -1.59. The van der Waals surface area contributed by atoms with Crippen molar-refractivity contribution in [3.05, 3.63) is 35.9 Å². The monoisotopic (exact) mass is 374 g/mol. The minimum Gasteiger partial charge on any atom is -0.381 e. The predicted molar refractivity (Wildman–Crippen MR) is 114 cm³/mol. The van der Waals surface area contributed by atoms with E-state index in [2.05, 4.69) is 74.0 Å². The third-order valence-corrected chi connectivity index (χ3v) is 5.17. The molecule has 1 aromatic rings. The molecule has 0 saturated carbocycles. The van der Waals surface area contributed by atoms with E-state index in [0.717, 1.165) is 58.1 Å². The van der Waals surface area contributed by atoms with E-state index in [1.807, 2.05) is 0 Å². The summed E-state index contributed by atoms with van der Waals surface area (Å²) in [5, 5.41) is 10.7. The quantitative estimate of drug-likeness (QED) is 0.457. The van der Waals surface area contributed by atoms with Gasteiger partial charge >= 0.3 is 0 Å². The fourth-order valence-corrected chi connectivity index (χ4v) is 3.45. The fourth-order valence-electron chi connectivity index (χ4n) is 3.45. The molecule has 0 aromatic heterocycles. The average Bonchev–Trinajstić information content (AvgIpc) is 2.67. The lowest BCUT2D eigenvalue weighted by Gasteiger charge is -2.39. The minimum absolute atomic E-state index is 0.0199. The van der Waals surface area contributed by atoms with Crippen molar-refractivity contribution in [3.63, 3.8) is 0 Å². The smallest absolute Gasteiger partial charge is 0.191 e. The lowest BCUT2D eigenvalue weighted by Crippen LogP contribution is -2.53. The topological polar surface area (TPSA) is 57.7 Å². The van der Waals surface area contributed by atoms with Crippen LogP contribution in [-0.2, 0) is 4.74 Å². The van der Waals surface area contributed by atoms with E-state index in [1.165, 1.54) is 5.56 Å². The second-order valence-corrected chi connectivity index (χ2v) is 7.97.